The predicted molar refractivity (Wildman–Crippen MR) is 58.8 cm³/mol. The summed E-state index contributed by atoms with van der Waals surface area (Å²) < 4.78 is 0. The van der Waals surface area contributed by atoms with Gasteiger partial charge in [0.05, 0.1) is 6.42 Å². The number of carboxylic acids is 1. The van der Waals surface area contributed by atoms with Crippen LogP contribution in [0.3, 0.4) is 0 Å². The molecule has 16 heavy (non-hydrogen) atoms. The van der Waals surface area contributed by atoms with Gasteiger partial charge in [0.15, 0.2) is 0 Å². The van der Waals surface area contributed by atoms with E-state index in [1.807, 2.05) is 18.2 Å². The summed E-state index contributed by atoms with van der Waals surface area (Å²) in [6.07, 6.45) is 6.66. The Labute approximate surface area is 92.6 Å². The molecule has 80 valence electrons. The molecule has 2 rings (SSSR count). The molecule has 0 saturated heterocycles. The molecule has 0 bridgehead atoms. The number of aliphatic carboxylic acids is 1. The SMILES string of the molecule is O=C(O)Cc1cncc(-c2cccnc2)c1. The monoisotopic (exact) mass is 214 g/mol. The summed E-state index contributed by atoms with van der Waals surface area (Å²) in [5.74, 6) is -0.856. The quantitative estimate of drug-likeness (QED) is 0.845. The molecule has 4 nitrogen and oxygen atoms in total. The maximum atomic E-state index is 10.6. The molecule has 4 heteroatoms. The van der Waals surface area contributed by atoms with Gasteiger partial charge in [-0.2, -0.15) is 0 Å². The molecule has 0 spiro atoms. The Morgan fingerprint density at radius 2 is 2.00 bits per heavy atom. The van der Waals surface area contributed by atoms with E-state index in [2.05, 4.69) is 9.97 Å². The van der Waals surface area contributed by atoms with Crippen LogP contribution in [0.4, 0.5) is 0 Å². The smallest absolute Gasteiger partial charge is 0.307 e. The van der Waals surface area contributed by atoms with Crippen molar-refractivity contribution < 1.29 is 9.90 Å². The number of hydrogen-bond acceptors (Lipinski definition) is 3. The van der Waals surface area contributed by atoms with E-state index in [-0.39, 0.29) is 6.42 Å². The molecular formula is C12H10N2O2. The number of nitrogens with zero attached hydrogens (tertiary/aromatic N) is 2. The van der Waals surface area contributed by atoms with Crippen molar-refractivity contribution in [2.75, 3.05) is 0 Å². The van der Waals surface area contributed by atoms with Crippen LogP contribution in [0, 0.1) is 0 Å². The van der Waals surface area contributed by atoms with Crippen LogP contribution in [0.2, 0.25) is 0 Å². The van der Waals surface area contributed by atoms with Crippen molar-refractivity contribution in [3.05, 3.63) is 48.5 Å². The lowest BCUT2D eigenvalue weighted by Crippen LogP contribution is -2.00. The Kier molecular flexibility index (Phi) is 2.91. The fraction of sp³-hybridized carbons (Fsp3) is 0.0833. The van der Waals surface area contributed by atoms with Gasteiger partial charge in [-0.15, -0.1) is 0 Å². The van der Waals surface area contributed by atoms with Gasteiger partial charge in [-0.05, 0) is 17.7 Å². The molecule has 0 amide bonds. The Hall–Kier alpha value is -2.23. The highest BCUT2D eigenvalue weighted by molar-refractivity contribution is 5.71. The van der Waals surface area contributed by atoms with Crippen molar-refractivity contribution in [3.8, 4) is 11.1 Å². The Balaban J connectivity index is 2.33. The summed E-state index contributed by atoms with van der Waals surface area (Å²) in [6.45, 7) is 0. The molecular weight excluding hydrogens is 204 g/mol. The number of carboxylic acid groups (broad SMARTS) is 1. The van der Waals surface area contributed by atoms with E-state index in [0.717, 1.165) is 11.1 Å². The largest absolute Gasteiger partial charge is 0.481 e. The van der Waals surface area contributed by atoms with E-state index in [1.54, 1.807) is 24.8 Å². The minimum atomic E-state index is -0.856. The summed E-state index contributed by atoms with van der Waals surface area (Å²) in [5.41, 5.74) is 2.50. The molecule has 0 aromatic carbocycles. The topological polar surface area (TPSA) is 63.1 Å². The first-order chi connectivity index (χ1) is 7.75. The second-order valence-electron chi connectivity index (χ2n) is 3.39. The highest BCUT2D eigenvalue weighted by atomic mass is 16.4. The zero-order valence-electron chi connectivity index (χ0n) is 8.50. The van der Waals surface area contributed by atoms with Gasteiger partial charge in [-0.25, -0.2) is 0 Å². The number of hydrogen-bond donors (Lipinski definition) is 1. The molecule has 0 aliphatic carbocycles. The Bertz CT molecular complexity index is 497. The van der Waals surface area contributed by atoms with Gasteiger partial charge in [-0.3, -0.25) is 14.8 Å². The van der Waals surface area contributed by atoms with Gasteiger partial charge in [0.1, 0.15) is 0 Å². The van der Waals surface area contributed by atoms with E-state index >= 15 is 0 Å². The fourth-order valence-corrected chi connectivity index (χ4v) is 1.45. The highest BCUT2D eigenvalue weighted by Gasteiger charge is 2.03. The summed E-state index contributed by atoms with van der Waals surface area (Å²) >= 11 is 0. The third-order valence-corrected chi connectivity index (χ3v) is 2.15. The second-order valence-corrected chi connectivity index (χ2v) is 3.39. The number of rotatable bonds is 3. The molecule has 0 unspecified atom stereocenters. The number of aromatic nitrogens is 2. The van der Waals surface area contributed by atoms with Gasteiger partial charge in [-0.1, -0.05) is 6.07 Å². The van der Waals surface area contributed by atoms with Crippen LogP contribution in [0.1, 0.15) is 5.56 Å². The first-order valence-corrected chi connectivity index (χ1v) is 4.82. The van der Waals surface area contributed by atoms with Crippen molar-refractivity contribution in [3.63, 3.8) is 0 Å². The van der Waals surface area contributed by atoms with Crippen LogP contribution in [0.15, 0.2) is 43.0 Å². The lowest BCUT2D eigenvalue weighted by molar-refractivity contribution is -0.136. The van der Waals surface area contributed by atoms with E-state index in [9.17, 15) is 4.79 Å². The van der Waals surface area contributed by atoms with E-state index in [4.69, 9.17) is 5.11 Å². The molecule has 2 aromatic heterocycles. The van der Waals surface area contributed by atoms with Gasteiger partial charge < -0.3 is 5.11 Å². The average Bonchev–Trinajstić information content (AvgIpc) is 2.30. The maximum Gasteiger partial charge on any atom is 0.307 e. The lowest BCUT2D eigenvalue weighted by Gasteiger charge is -2.02. The number of carbonyl (C=O) groups is 1. The molecule has 1 N–H and O–H groups in total. The average molecular weight is 214 g/mol. The maximum absolute atomic E-state index is 10.6. The zero-order chi connectivity index (χ0) is 11.4. The Morgan fingerprint density at radius 1 is 1.19 bits per heavy atom. The van der Waals surface area contributed by atoms with Crippen LogP contribution in [0.5, 0.6) is 0 Å². The molecule has 2 aromatic rings. The lowest BCUT2D eigenvalue weighted by atomic mass is 10.1. The molecule has 0 fully saturated rings. The summed E-state index contributed by atoms with van der Waals surface area (Å²) in [6, 6.07) is 5.56. The molecule has 0 aliphatic rings. The standard InChI is InChI=1S/C12H10N2O2/c15-12(16)5-9-4-11(8-14-6-9)10-2-1-3-13-7-10/h1-4,6-8H,5H2,(H,15,16). The van der Waals surface area contributed by atoms with Crippen LogP contribution < -0.4 is 0 Å². The van der Waals surface area contributed by atoms with E-state index in [0.29, 0.717) is 5.56 Å². The minimum absolute atomic E-state index is 0.0128. The zero-order valence-corrected chi connectivity index (χ0v) is 8.50. The third kappa shape index (κ3) is 2.42. The van der Waals surface area contributed by atoms with Crippen molar-refractivity contribution in [1.82, 2.24) is 9.97 Å². The van der Waals surface area contributed by atoms with E-state index in [1.165, 1.54) is 0 Å². The van der Waals surface area contributed by atoms with Gasteiger partial charge in [0, 0.05) is 35.9 Å². The first-order valence-electron chi connectivity index (χ1n) is 4.82. The molecule has 0 saturated carbocycles. The van der Waals surface area contributed by atoms with Crippen molar-refractivity contribution in [2.45, 2.75) is 6.42 Å². The fourth-order valence-electron chi connectivity index (χ4n) is 1.45. The Morgan fingerprint density at radius 3 is 2.69 bits per heavy atom. The van der Waals surface area contributed by atoms with Crippen molar-refractivity contribution in [1.29, 1.82) is 0 Å². The van der Waals surface area contributed by atoms with Crippen LogP contribution in [-0.4, -0.2) is 21.0 Å². The molecule has 0 atom stereocenters. The minimum Gasteiger partial charge on any atom is -0.481 e. The van der Waals surface area contributed by atoms with Gasteiger partial charge >= 0.3 is 5.97 Å². The summed E-state index contributed by atoms with van der Waals surface area (Å²) in [4.78, 5) is 18.6. The number of pyridine rings is 2. The van der Waals surface area contributed by atoms with Gasteiger partial charge in [0.25, 0.3) is 0 Å². The summed E-state index contributed by atoms with van der Waals surface area (Å²) in [7, 11) is 0. The molecule has 0 radical (unpaired) electrons. The summed E-state index contributed by atoms with van der Waals surface area (Å²) in [5, 5.41) is 8.69. The van der Waals surface area contributed by atoms with Gasteiger partial charge in [0.2, 0.25) is 0 Å². The highest BCUT2D eigenvalue weighted by Crippen LogP contribution is 2.17. The van der Waals surface area contributed by atoms with Crippen molar-refractivity contribution in [2.24, 2.45) is 0 Å². The van der Waals surface area contributed by atoms with Crippen molar-refractivity contribution >= 4 is 5.97 Å². The predicted octanol–water partition coefficient (Wildman–Crippen LogP) is 1.77. The third-order valence-electron chi connectivity index (χ3n) is 2.15. The van der Waals surface area contributed by atoms with Crippen LogP contribution in [0.25, 0.3) is 11.1 Å². The van der Waals surface area contributed by atoms with Crippen LogP contribution >= 0.6 is 0 Å². The first kappa shape index (κ1) is 10.3. The molecule has 0 aliphatic heterocycles. The molecule has 2 heterocycles. The van der Waals surface area contributed by atoms with Crippen LogP contribution in [-0.2, 0) is 11.2 Å². The normalized spacial score (nSPS) is 10.0. The second kappa shape index (κ2) is 4.53. The van der Waals surface area contributed by atoms with E-state index < -0.39 is 5.97 Å².